The molecule has 0 aliphatic carbocycles. The van der Waals surface area contributed by atoms with E-state index in [0.29, 0.717) is 17.3 Å². The Morgan fingerprint density at radius 1 is 1.30 bits per heavy atom. The standard InChI is InChI=1S/C16H18ClN3O2S/c17-13-3-1-12(2-4-13)16-19-14(11-23-16)15(21)18-5-6-20-7-9-22-10-8-20/h1-4,11H,5-10H2,(H,18,21). The molecule has 0 saturated carbocycles. The molecule has 1 aliphatic rings. The molecule has 23 heavy (non-hydrogen) atoms. The second kappa shape index (κ2) is 7.88. The van der Waals surface area contributed by atoms with Crippen LogP contribution in [0.2, 0.25) is 5.02 Å². The summed E-state index contributed by atoms with van der Waals surface area (Å²) >= 11 is 7.34. The van der Waals surface area contributed by atoms with Crippen LogP contribution in [-0.2, 0) is 4.74 Å². The highest BCUT2D eigenvalue weighted by molar-refractivity contribution is 7.13. The van der Waals surface area contributed by atoms with Crippen LogP contribution in [0.5, 0.6) is 0 Å². The number of aromatic nitrogens is 1. The topological polar surface area (TPSA) is 54.5 Å². The van der Waals surface area contributed by atoms with Crippen LogP contribution in [-0.4, -0.2) is 55.2 Å². The molecule has 1 saturated heterocycles. The minimum atomic E-state index is -0.130. The number of halogens is 1. The predicted molar refractivity (Wildman–Crippen MR) is 92.2 cm³/mol. The second-order valence-electron chi connectivity index (χ2n) is 5.25. The monoisotopic (exact) mass is 351 g/mol. The molecule has 0 atom stereocenters. The van der Waals surface area contributed by atoms with Gasteiger partial charge in [-0.15, -0.1) is 11.3 Å². The summed E-state index contributed by atoms with van der Waals surface area (Å²) in [5, 5.41) is 6.21. The first-order chi connectivity index (χ1) is 11.2. The third kappa shape index (κ3) is 4.51. The highest BCUT2D eigenvalue weighted by Crippen LogP contribution is 2.25. The molecule has 0 unspecified atom stereocenters. The van der Waals surface area contributed by atoms with Gasteiger partial charge in [-0.05, 0) is 12.1 Å². The van der Waals surface area contributed by atoms with Gasteiger partial charge in [0.15, 0.2) is 0 Å². The van der Waals surface area contributed by atoms with Gasteiger partial charge in [0.1, 0.15) is 10.7 Å². The van der Waals surface area contributed by atoms with Crippen LogP contribution >= 0.6 is 22.9 Å². The maximum Gasteiger partial charge on any atom is 0.270 e. The molecule has 1 aromatic heterocycles. The van der Waals surface area contributed by atoms with Crippen molar-refractivity contribution in [3.05, 3.63) is 40.4 Å². The zero-order valence-electron chi connectivity index (χ0n) is 12.6. The van der Waals surface area contributed by atoms with Gasteiger partial charge >= 0.3 is 0 Å². The van der Waals surface area contributed by atoms with E-state index in [1.54, 1.807) is 5.38 Å². The van der Waals surface area contributed by atoms with Crippen molar-refractivity contribution in [1.29, 1.82) is 0 Å². The molecule has 1 N–H and O–H groups in total. The van der Waals surface area contributed by atoms with Crippen molar-refractivity contribution in [2.45, 2.75) is 0 Å². The lowest BCUT2D eigenvalue weighted by Gasteiger charge is -2.26. The van der Waals surface area contributed by atoms with Gasteiger partial charge < -0.3 is 10.1 Å². The SMILES string of the molecule is O=C(NCCN1CCOCC1)c1csc(-c2ccc(Cl)cc2)n1. The number of morpholine rings is 1. The van der Waals surface area contributed by atoms with E-state index in [4.69, 9.17) is 16.3 Å². The number of nitrogens with zero attached hydrogens (tertiary/aromatic N) is 2. The summed E-state index contributed by atoms with van der Waals surface area (Å²) in [6.07, 6.45) is 0. The number of carbonyl (C=O) groups excluding carboxylic acids is 1. The molecule has 2 heterocycles. The molecule has 3 rings (SSSR count). The molecule has 1 amide bonds. The first-order valence-corrected chi connectivity index (χ1v) is 8.78. The smallest absolute Gasteiger partial charge is 0.270 e. The molecule has 2 aromatic rings. The Bertz CT molecular complexity index is 654. The number of amides is 1. The molecule has 7 heteroatoms. The van der Waals surface area contributed by atoms with Crippen LogP contribution in [0.1, 0.15) is 10.5 Å². The molecule has 122 valence electrons. The fourth-order valence-electron chi connectivity index (χ4n) is 2.35. The average Bonchev–Trinajstić information content (AvgIpc) is 3.06. The minimum absolute atomic E-state index is 0.130. The molecule has 1 aliphatic heterocycles. The zero-order chi connectivity index (χ0) is 16.1. The number of carbonyl (C=O) groups is 1. The first-order valence-electron chi connectivity index (χ1n) is 7.52. The van der Waals surface area contributed by atoms with Gasteiger partial charge in [-0.3, -0.25) is 9.69 Å². The molecule has 0 bridgehead atoms. The van der Waals surface area contributed by atoms with Gasteiger partial charge in [0.25, 0.3) is 5.91 Å². The van der Waals surface area contributed by atoms with Gasteiger partial charge in [0.05, 0.1) is 13.2 Å². The summed E-state index contributed by atoms with van der Waals surface area (Å²) in [6.45, 7) is 4.84. The van der Waals surface area contributed by atoms with Gasteiger partial charge in [-0.2, -0.15) is 0 Å². The van der Waals surface area contributed by atoms with E-state index in [1.807, 2.05) is 24.3 Å². The lowest BCUT2D eigenvalue weighted by molar-refractivity contribution is 0.0383. The van der Waals surface area contributed by atoms with E-state index in [0.717, 1.165) is 43.4 Å². The Balaban J connectivity index is 1.52. The normalized spacial score (nSPS) is 15.5. The van der Waals surface area contributed by atoms with Crippen LogP contribution in [0.25, 0.3) is 10.6 Å². The van der Waals surface area contributed by atoms with Crippen molar-refractivity contribution < 1.29 is 9.53 Å². The third-order valence-corrected chi connectivity index (χ3v) is 4.79. The van der Waals surface area contributed by atoms with E-state index in [-0.39, 0.29) is 5.91 Å². The Labute approximate surface area is 144 Å². The quantitative estimate of drug-likeness (QED) is 0.899. The van der Waals surface area contributed by atoms with E-state index in [1.165, 1.54) is 11.3 Å². The number of benzene rings is 1. The number of hydrogen-bond donors (Lipinski definition) is 1. The van der Waals surface area contributed by atoms with Crippen LogP contribution < -0.4 is 5.32 Å². The summed E-state index contributed by atoms with van der Waals surface area (Å²) in [4.78, 5) is 18.8. The van der Waals surface area contributed by atoms with Crippen LogP contribution in [0.4, 0.5) is 0 Å². The van der Waals surface area contributed by atoms with Gasteiger partial charge in [0, 0.05) is 42.1 Å². The maximum atomic E-state index is 12.2. The molecular weight excluding hydrogens is 334 g/mol. The highest BCUT2D eigenvalue weighted by Gasteiger charge is 2.13. The number of thiazole rings is 1. The Morgan fingerprint density at radius 2 is 2.04 bits per heavy atom. The predicted octanol–water partition coefficient (Wildman–Crippen LogP) is 2.53. The number of ether oxygens (including phenoxy) is 1. The van der Waals surface area contributed by atoms with Crippen LogP contribution in [0.3, 0.4) is 0 Å². The van der Waals surface area contributed by atoms with Crippen molar-refractivity contribution in [2.24, 2.45) is 0 Å². The molecule has 5 nitrogen and oxygen atoms in total. The van der Waals surface area contributed by atoms with Gasteiger partial charge in [0.2, 0.25) is 0 Å². The highest BCUT2D eigenvalue weighted by atomic mass is 35.5. The van der Waals surface area contributed by atoms with Crippen molar-refractivity contribution in [3.8, 4) is 10.6 Å². The van der Waals surface area contributed by atoms with Crippen molar-refractivity contribution >= 4 is 28.8 Å². The molecular formula is C16H18ClN3O2S. The number of nitrogens with one attached hydrogen (secondary N) is 1. The molecule has 1 aromatic carbocycles. The zero-order valence-corrected chi connectivity index (χ0v) is 14.2. The third-order valence-electron chi connectivity index (χ3n) is 3.65. The maximum absolute atomic E-state index is 12.2. The van der Waals surface area contributed by atoms with E-state index < -0.39 is 0 Å². The van der Waals surface area contributed by atoms with Gasteiger partial charge in [-0.1, -0.05) is 23.7 Å². The summed E-state index contributed by atoms with van der Waals surface area (Å²) in [5.74, 6) is -0.130. The summed E-state index contributed by atoms with van der Waals surface area (Å²) in [7, 11) is 0. The van der Waals surface area contributed by atoms with Crippen molar-refractivity contribution in [2.75, 3.05) is 39.4 Å². The van der Waals surface area contributed by atoms with E-state index in [2.05, 4.69) is 15.2 Å². The van der Waals surface area contributed by atoms with Gasteiger partial charge in [-0.25, -0.2) is 4.98 Å². The molecule has 0 spiro atoms. The lowest BCUT2D eigenvalue weighted by atomic mass is 10.2. The van der Waals surface area contributed by atoms with Crippen molar-refractivity contribution in [3.63, 3.8) is 0 Å². The summed E-state index contributed by atoms with van der Waals surface area (Å²) < 4.78 is 5.30. The van der Waals surface area contributed by atoms with Crippen LogP contribution in [0.15, 0.2) is 29.6 Å². The summed E-state index contributed by atoms with van der Waals surface area (Å²) in [5.41, 5.74) is 1.42. The Morgan fingerprint density at radius 3 is 2.78 bits per heavy atom. The number of hydrogen-bond acceptors (Lipinski definition) is 5. The fourth-order valence-corrected chi connectivity index (χ4v) is 3.28. The Hall–Kier alpha value is -1.47. The number of rotatable bonds is 5. The van der Waals surface area contributed by atoms with E-state index in [9.17, 15) is 4.79 Å². The van der Waals surface area contributed by atoms with Crippen LogP contribution in [0, 0.1) is 0 Å². The minimum Gasteiger partial charge on any atom is -0.379 e. The average molecular weight is 352 g/mol. The first kappa shape index (κ1) is 16.4. The lowest BCUT2D eigenvalue weighted by Crippen LogP contribution is -2.41. The Kier molecular flexibility index (Phi) is 5.61. The molecule has 1 fully saturated rings. The second-order valence-corrected chi connectivity index (χ2v) is 6.55. The summed E-state index contributed by atoms with van der Waals surface area (Å²) in [6, 6.07) is 7.45. The van der Waals surface area contributed by atoms with Crippen molar-refractivity contribution in [1.82, 2.24) is 15.2 Å². The fraction of sp³-hybridized carbons (Fsp3) is 0.375. The largest absolute Gasteiger partial charge is 0.379 e. The molecule has 0 radical (unpaired) electrons. The van der Waals surface area contributed by atoms with E-state index >= 15 is 0 Å².